The van der Waals surface area contributed by atoms with Crippen LogP contribution in [0.5, 0.6) is 0 Å². The summed E-state index contributed by atoms with van der Waals surface area (Å²) in [5.41, 5.74) is 6.06. The van der Waals surface area contributed by atoms with Crippen molar-refractivity contribution in [1.82, 2.24) is 0 Å². The van der Waals surface area contributed by atoms with E-state index in [0.29, 0.717) is 5.56 Å². The number of para-hydroxylation sites is 1. The van der Waals surface area contributed by atoms with Gasteiger partial charge in [-0.3, -0.25) is 15.6 Å². The van der Waals surface area contributed by atoms with Crippen LogP contribution in [0.4, 0.5) is 5.69 Å². The average molecular weight is 226 g/mol. The van der Waals surface area contributed by atoms with Gasteiger partial charge in [0.15, 0.2) is 0 Å². The van der Waals surface area contributed by atoms with Crippen LogP contribution in [0.2, 0.25) is 0 Å². The van der Waals surface area contributed by atoms with Crippen LogP contribution in [-0.2, 0) is 11.1 Å². The molecule has 2 N–H and O–H groups in total. The molecule has 80 valence electrons. The zero-order valence-electron chi connectivity index (χ0n) is 8.00. The summed E-state index contributed by atoms with van der Waals surface area (Å²) in [7, 11) is -1.19. The van der Waals surface area contributed by atoms with Gasteiger partial charge in [0.1, 0.15) is 8.30 Å². The molecule has 1 rings (SSSR count). The van der Waals surface area contributed by atoms with Crippen molar-refractivity contribution in [2.75, 3.05) is 0 Å². The highest BCUT2D eigenvalue weighted by Crippen LogP contribution is 2.30. The van der Waals surface area contributed by atoms with E-state index in [4.69, 9.17) is 10.0 Å². The predicted octanol–water partition coefficient (Wildman–Crippen LogP) is 2.53. The fourth-order valence-corrected chi connectivity index (χ4v) is 1.40. The molecule has 0 aliphatic rings. The van der Waals surface area contributed by atoms with Crippen molar-refractivity contribution < 1.29 is 9.45 Å². The van der Waals surface area contributed by atoms with E-state index in [1.165, 1.54) is 11.9 Å². The Balaban J connectivity index is 2.76. The molecule has 0 saturated heterocycles. The van der Waals surface area contributed by atoms with Crippen molar-refractivity contribution in [2.24, 2.45) is 5.50 Å². The van der Waals surface area contributed by atoms with Gasteiger partial charge in [0, 0.05) is 6.07 Å². The first-order chi connectivity index (χ1) is 7.15. The monoisotopic (exact) mass is 226 g/mol. The number of nitrogens with zero attached hydrogens (tertiary/aromatic N) is 1. The highest BCUT2D eigenvalue weighted by molar-refractivity contribution is 7.53. The molecule has 0 aliphatic heterocycles. The van der Waals surface area contributed by atoms with Crippen LogP contribution in [0, 0.1) is 10.1 Å². The van der Waals surface area contributed by atoms with E-state index in [2.05, 4.69) is 6.58 Å². The van der Waals surface area contributed by atoms with Crippen molar-refractivity contribution in [3.05, 3.63) is 52.3 Å². The van der Waals surface area contributed by atoms with Gasteiger partial charge in [0.05, 0.1) is 17.1 Å². The minimum Gasteiger partial charge on any atom is -0.335 e. The lowest BCUT2D eigenvalue weighted by atomic mass is 10.2. The Morgan fingerprint density at radius 1 is 1.60 bits per heavy atom. The molecule has 1 unspecified atom stereocenters. The Bertz CT molecular complexity index is 370. The van der Waals surface area contributed by atoms with E-state index in [9.17, 15) is 10.1 Å². The van der Waals surface area contributed by atoms with E-state index in [0.717, 1.165) is 0 Å². The van der Waals surface area contributed by atoms with Crippen LogP contribution in [-0.4, -0.2) is 4.92 Å². The van der Waals surface area contributed by atoms with Gasteiger partial charge >= 0.3 is 0 Å². The Labute approximate surface area is 88.6 Å². The second-order valence-electron chi connectivity index (χ2n) is 2.70. The van der Waals surface area contributed by atoms with Gasteiger partial charge < -0.3 is 4.52 Å². The second-order valence-corrected chi connectivity index (χ2v) is 4.04. The summed E-state index contributed by atoms with van der Waals surface area (Å²) in [5, 5.41) is 10.6. The van der Waals surface area contributed by atoms with Gasteiger partial charge in [0.25, 0.3) is 5.69 Å². The fourth-order valence-electron chi connectivity index (χ4n) is 1.01. The predicted molar refractivity (Wildman–Crippen MR) is 59.2 cm³/mol. The Kier molecular flexibility index (Phi) is 4.37. The molecular formula is C9H11N2O3P. The maximum Gasteiger partial charge on any atom is 0.274 e. The molecule has 0 bridgehead atoms. The Morgan fingerprint density at radius 3 is 2.87 bits per heavy atom. The van der Waals surface area contributed by atoms with E-state index in [1.54, 1.807) is 18.2 Å². The van der Waals surface area contributed by atoms with Crippen LogP contribution >= 0.6 is 8.30 Å². The first-order valence-corrected chi connectivity index (χ1v) is 5.56. The maximum atomic E-state index is 10.6. The quantitative estimate of drug-likeness (QED) is 0.475. The molecule has 5 nitrogen and oxygen atoms in total. The number of nitro benzene ring substituents is 1. The van der Waals surface area contributed by atoms with Gasteiger partial charge in [-0.1, -0.05) is 18.7 Å². The van der Waals surface area contributed by atoms with E-state index in [1.807, 2.05) is 0 Å². The molecule has 15 heavy (non-hydrogen) atoms. The number of nitrogens with two attached hydrogens (primary N) is 1. The zero-order chi connectivity index (χ0) is 11.3. The van der Waals surface area contributed by atoms with Crippen molar-refractivity contribution in [1.29, 1.82) is 0 Å². The lowest BCUT2D eigenvalue weighted by Gasteiger charge is -2.07. The third kappa shape index (κ3) is 3.40. The van der Waals surface area contributed by atoms with E-state index >= 15 is 0 Å². The molecule has 0 amide bonds. The topological polar surface area (TPSA) is 78.4 Å². The summed E-state index contributed by atoms with van der Waals surface area (Å²) in [6, 6.07) is 6.41. The van der Waals surface area contributed by atoms with E-state index in [-0.39, 0.29) is 12.3 Å². The molecule has 0 aliphatic carbocycles. The Hall–Kier alpha value is -1.29. The first kappa shape index (κ1) is 11.8. The Morgan fingerprint density at radius 2 is 2.27 bits per heavy atom. The molecular weight excluding hydrogens is 215 g/mol. The SMILES string of the molecule is C=CP(N)OCc1ccccc1[N+](=O)[O-]. The minimum absolute atomic E-state index is 0.0463. The summed E-state index contributed by atoms with van der Waals surface area (Å²) in [5.74, 6) is 1.49. The number of rotatable bonds is 5. The second kappa shape index (κ2) is 5.56. The van der Waals surface area contributed by atoms with Crippen LogP contribution in [0.15, 0.2) is 36.7 Å². The molecule has 0 radical (unpaired) electrons. The van der Waals surface area contributed by atoms with Gasteiger partial charge in [-0.05, 0) is 11.9 Å². The lowest BCUT2D eigenvalue weighted by molar-refractivity contribution is -0.385. The highest BCUT2D eigenvalue weighted by atomic mass is 31.2. The van der Waals surface area contributed by atoms with Crippen LogP contribution in [0.25, 0.3) is 0 Å². The molecule has 1 aromatic rings. The standard InChI is InChI=1S/C9H11N2O3P/c1-2-15(10)14-7-8-5-3-4-6-9(8)11(12)13/h2-6H,1,7,10H2. The van der Waals surface area contributed by atoms with Gasteiger partial charge in [0.2, 0.25) is 0 Å². The number of benzene rings is 1. The summed E-state index contributed by atoms with van der Waals surface area (Å²) in [6.45, 7) is 3.61. The van der Waals surface area contributed by atoms with Crippen molar-refractivity contribution in [2.45, 2.75) is 6.61 Å². The van der Waals surface area contributed by atoms with E-state index < -0.39 is 13.2 Å². The van der Waals surface area contributed by atoms with Crippen LogP contribution in [0.1, 0.15) is 5.56 Å². The number of nitro groups is 1. The summed E-state index contributed by atoms with van der Waals surface area (Å²) in [4.78, 5) is 10.2. The fraction of sp³-hybridized carbons (Fsp3) is 0.111. The highest BCUT2D eigenvalue weighted by Gasteiger charge is 2.12. The molecule has 1 atom stereocenters. The number of hydrogen-bond donors (Lipinski definition) is 1. The molecule has 0 saturated carbocycles. The van der Waals surface area contributed by atoms with Crippen LogP contribution < -0.4 is 5.50 Å². The molecule has 6 heteroatoms. The summed E-state index contributed by atoms with van der Waals surface area (Å²) >= 11 is 0. The smallest absolute Gasteiger partial charge is 0.274 e. The van der Waals surface area contributed by atoms with Crippen molar-refractivity contribution in [3.63, 3.8) is 0 Å². The van der Waals surface area contributed by atoms with Gasteiger partial charge in [-0.15, -0.1) is 0 Å². The van der Waals surface area contributed by atoms with Gasteiger partial charge in [-0.2, -0.15) is 0 Å². The number of hydrogen-bond acceptors (Lipinski definition) is 4. The average Bonchev–Trinajstić information content (AvgIpc) is 2.26. The third-order valence-corrected chi connectivity index (χ3v) is 2.52. The third-order valence-electron chi connectivity index (χ3n) is 1.74. The first-order valence-electron chi connectivity index (χ1n) is 4.17. The minimum atomic E-state index is -1.19. The largest absolute Gasteiger partial charge is 0.335 e. The van der Waals surface area contributed by atoms with Crippen molar-refractivity contribution >= 4 is 14.0 Å². The molecule has 0 aromatic heterocycles. The lowest BCUT2D eigenvalue weighted by Crippen LogP contribution is -1.98. The van der Waals surface area contributed by atoms with Crippen LogP contribution in [0.3, 0.4) is 0 Å². The molecule has 1 aromatic carbocycles. The molecule has 0 fully saturated rings. The molecule has 0 spiro atoms. The maximum absolute atomic E-state index is 10.6. The summed E-state index contributed by atoms with van der Waals surface area (Å²) in [6.07, 6.45) is 0. The van der Waals surface area contributed by atoms with Gasteiger partial charge in [-0.25, -0.2) is 0 Å². The summed E-state index contributed by atoms with van der Waals surface area (Å²) < 4.78 is 5.19. The normalized spacial score (nSPS) is 12.1. The van der Waals surface area contributed by atoms with Crippen molar-refractivity contribution in [3.8, 4) is 0 Å². The molecule has 0 heterocycles. The zero-order valence-corrected chi connectivity index (χ0v) is 8.89.